The molecule has 3 amide bonds. The van der Waals surface area contributed by atoms with Gasteiger partial charge < -0.3 is 19.4 Å². The van der Waals surface area contributed by atoms with Gasteiger partial charge >= 0.3 is 0 Å². The molecule has 0 bridgehead atoms. The Kier molecular flexibility index (Phi) is 5.70. The van der Waals surface area contributed by atoms with E-state index < -0.39 is 6.04 Å². The van der Waals surface area contributed by atoms with Gasteiger partial charge in [-0.2, -0.15) is 0 Å². The fourth-order valence-electron chi connectivity index (χ4n) is 3.20. The molecule has 26 heavy (non-hydrogen) atoms. The van der Waals surface area contributed by atoms with E-state index in [9.17, 15) is 14.4 Å². The fourth-order valence-corrected chi connectivity index (χ4v) is 4.34. The molecule has 0 aromatic heterocycles. The number of carbonyl (C=O) groups excluding carboxylic acids is 3. The van der Waals surface area contributed by atoms with Crippen LogP contribution < -0.4 is 4.74 Å². The molecule has 2 fully saturated rings. The lowest BCUT2D eigenvalue weighted by atomic mass is 10.1. The summed E-state index contributed by atoms with van der Waals surface area (Å²) >= 11 is 1.59. The van der Waals surface area contributed by atoms with Gasteiger partial charge in [-0.25, -0.2) is 0 Å². The van der Waals surface area contributed by atoms with Crippen molar-refractivity contribution in [1.29, 1.82) is 0 Å². The largest absolute Gasteiger partial charge is 0.497 e. The fraction of sp³-hybridized carbons (Fsp3) is 0.500. The molecule has 140 valence electrons. The zero-order chi connectivity index (χ0) is 18.7. The van der Waals surface area contributed by atoms with Crippen LogP contribution in [0.25, 0.3) is 0 Å². The van der Waals surface area contributed by atoms with Crippen LogP contribution in [0.2, 0.25) is 0 Å². The minimum Gasteiger partial charge on any atom is -0.497 e. The summed E-state index contributed by atoms with van der Waals surface area (Å²) in [7, 11) is 1.58. The van der Waals surface area contributed by atoms with E-state index >= 15 is 0 Å². The zero-order valence-corrected chi connectivity index (χ0v) is 15.8. The Morgan fingerprint density at radius 2 is 1.65 bits per heavy atom. The molecule has 1 aromatic rings. The van der Waals surface area contributed by atoms with E-state index in [1.807, 2.05) is 0 Å². The van der Waals surface area contributed by atoms with Crippen molar-refractivity contribution in [2.45, 2.75) is 13.0 Å². The monoisotopic (exact) mass is 377 g/mol. The van der Waals surface area contributed by atoms with E-state index in [2.05, 4.69) is 0 Å². The van der Waals surface area contributed by atoms with E-state index in [1.165, 1.54) is 0 Å². The molecule has 3 rings (SSSR count). The molecular weight excluding hydrogens is 354 g/mol. The number of rotatable bonds is 3. The summed E-state index contributed by atoms with van der Waals surface area (Å²) in [4.78, 5) is 42.3. The number of thioether (sulfide) groups is 1. The molecule has 0 aliphatic carbocycles. The number of carbonyl (C=O) groups is 3. The third kappa shape index (κ3) is 3.80. The second kappa shape index (κ2) is 7.99. The number of hydrogen-bond donors (Lipinski definition) is 0. The molecule has 7 nitrogen and oxygen atoms in total. The first-order chi connectivity index (χ1) is 12.5. The maximum absolute atomic E-state index is 12.9. The molecule has 0 radical (unpaired) electrons. The Labute approximate surface area is 157 Å². The molecule has 8 heteroatoms. The van der Waals surface area contributed by atoms with Crippen LogP contribution >= 0.6 is 11.8 Å². The molecule has 0 N–H and O–H groups in total. The number of piperazine rings is 1. The highest BCUT2D eigenvalue weighted by atomic mass is 32.2. The average molecular weight is 377 g/mol. The standard InChI is InChI=1S/C18H23N3O4S/c1-13(22)19-7-9-20(10-8-19)18(24)16-11-26-12-21(16)17(23)14-3-5-15(25-2)6-4-14/h3-6,16H,7-12H2,1-2H3/t16-/m1/s1. The minimum atomic E-state index is -0.446. The summed E-state index contributed by atoms with van der Waals surface area (Å²) in [5.74, 6) is 1.67. The third-order valence-corrected chi connectivity index (χ3v) is 5.81. The minimum absolute atomic E-state index is 0.0277. The molecule has 0 spiro atoms. The van der Waals surface area contributed by atoms with Crippen molar-refractivity contribution in [1.82, 2.24) is 14.7 Å². The van der Waals surface area contributed by atoms with Gasteiger partial charge in [0.25, 0.3) is 5.91 Å². The lowest BCUT2D eigenvalue weighted by Gasteiger charge is -2.36. The molecule has 1 aromatic carbocycles. The van der Waals surface area contributed by atoms with E-state index in [-0.39, 0.29) is 17.7 Å². The number of methoxy groups -OCH3 is 1. The predicted molar refractivity (Wildman–Crippen MR) is 99.1 cm³/mol. The Bertz CT molecular complexity index is 686. The number of hydrogen-bond acceptors (Lipinski definition) is 5. The Hall–Kier alpha value is -2.22. The molecule has 0 saturated carbocycles. The van der Waals surface area contributed by atoms with E-state index in [1.54, 1.807) is 64.8 Å². The number of ether oxygens (including phenoxy) is 1. The van der Waals surface area contributed by atoms with Crippen molar-refractivity contribution in [3.8, 4) is 5.75 Å². The summed E-state index contributed by atoms with van der Waals surface area (Å²) in [6, 6.07) is 6.48. The van der Waals surface area contributed by atoms with Crippen LogP contribution in [-0.4, -0.2) is 83.4 Å². The van der Waals surface area contributed by atoms with Crippen LogP contribution in [-0.2, 0) is 9.59 Å². The predicted octanol–water partition coefficient (Wildman–Crippen LogP) is 0.901. The topological polar surface area (TPSA) is 70.2 Å². The van der Waals surface area contributed by atoms with Crippen LogP contribution in [0.3, 0.4) is 0 Å². The van der Waals surface area contributed by atoms with Crippen molar-refractivity contribution in [2.24, 2.45) is 0 Å². The highest BCUT2D eigenvalue weighted by Gasteiger charge is 2.38. The van der Waals surface area contributed by atoms with Crippen LogP contribution in [0.15, 0.2) is 24.3 Å². The second-order valence-corrected chi connectivity index (χ2v) is 7.35. The first kappa shape index (κ1) is 18.6. The third-order valence-electron chi connectivity index (χ3n) is 4.80. The van der Waals surface area contributed by atoms with Crippen LogP contribution in [0.5, 0.6) is 5.75 Å². The number of nitrogens with zero attached hydrogens (tertiary/aromatic N) is 3. The second-order valence-electron chi connectivity index (χ2n) is 6.35. The highest BCUT2D eigenvalue weighted by molar-refractivity contribution is 7.99. The quantitative estimate of drug-likeness (QED) is 0.783. The smallest absolute Gasteiger partial charge is 0.255 e. The van der Waals surface area contributed by atoms with Gasteiger partial charge in [0, 0.05) is 44.4 Å². The van der Waals surface area contributed by atoms with Gasteiger partial charge in [0.1, 0.15) is 11.8 Å². The summed E-state index contributed by atoms with van der Waals surface area (Å²) < 4.78 is 5.12. The average Bonchev–Trinajstić information content (AvgIpc) is 3.16. The maximum Gasteiger partial charge on any atom is 0.255 e. The molecule has 2 saturated heterocycles. The van der Waals surface area contributed by atoms with E-state index in [0.29, 0.717) is 49.1 Å². The van der Waals surface area contributed by atoms with Crippen molar-refractivity contribution in [2.75, 3.05) is 44.9 Å². The normalized spacial score (nSPS) is 20.2. The SMILES string of the molecule is COc1ccc(C(=O)N2CSC[C@@H]2C(=O)N2CCN(C(C)=O)CC2)cc1. The molecule has 1 atom stereocenters. The van der Waals surface area contributed by atoms with Crippen molar-refractivity contribution >= 4 is 29.5 Å². The van der Waals surface area contributed by atoms with Crippen LogP contribution in [0, 0.1) is 0 Å². The van der Waals surface area contributed by atoms with Gasteiger partial charge in [0.2, 0.25) is 11.8 Å². The molecule has 2 aliphatic rings. The van der Waals surface area contributed by atoms with E-state index in [0.717, 1.165) is 0 Å². The van der Waals surface area contributed by atoms with Crippen LogP contribution in [0.1, 0.15) is 17.3 Å². The molecule has 0 unspecified atom stereocenters. The van der Waals surface area contributed by atoms with E-state index in [4.69, 9.17) is 4.74 Å². The summed E-state index contributed by atoms with van der Waals surface area (Å²) in [6.07, 6.45) is 0. The Balaban J connectivity index is 1.66. The zero-order valence-electron chi connectivity index (χ0n) is 15.0. The van der Waals surface area contributed by atoms with Gasteiger partial charge in [0.15, 0.2) is 0 Å². The molecule has 2 aliphatic heterocycles. The van der Waals surface area contributed by atoms with Gasteiger partial charge in [-0.3, -0.25) is 14.4 Å². The maximum atomic E-state index is 12.9. The summed E-state index contributed by atoms with van der Waals surface area (Å²) in [6.45, 7) is 3.68. The lowest BCUT2D eigenvalue weighted by Crippen LogP contribution is -2.55. The van der Waals surface area contributed by atoms with Crippen LogP contribution in [0.4, 0.5) is 0 Å². The molecular formula is C18H23N3O4S. The molecule has 2 heterocycles. The summed E-state index contributed by atoms with van der Waals surface area (Å²) in [5.41, 5.74) is 0.549. The first-order valence-corrected chi connectivity index (χ1v) is 9.74. The number of amides is 3. The van der Waals surface area contributed by atoms with Crippen molar-refractivity contribution < 1.29 is 19.1 Å². The van der Waals surface area contributed by atoms with Crippen molar-refractivity contribution in [3.63, 3.8) is 0 Å². The lowest BCUT2D eigenvalue weighted by molar-refractivity contribution is -0.140. The van der Waals surface area contributed by atoms with Gasteiger partial charge in [-0.1, -0.05) is 0 Å². The van der Waals surface area contributed by atoms with Crippen molar-refractivity contribution in [3.05, 3.63) is 29.8 Å². The Morgan fingerprint density at radius 1 is 1.04 bits per heavy atom. The Morgan fingerprint density at radius 3 is 2.23 bits per heavy atom. The summed E-state index contributed by atoms with van der Waals surface area (Å²) in [5, 5.41) is 0. The number of benzene rings is 1. The highest BCUT2D eigenvalue weighted by Crippen LogP contribution is 2.25. The van der Waals surface area contributed by atoms with Gasteiger partial charge in [-0.05, 0) is 24.3 Å². The van der Waals surface area contributed by atoms with Gasteiger partial charge in [0.05, 0.1) is 13.0 Å². The first-order valence-electron chi connectivity index (χ1n) is 8.58. The van der Waals surface area contributed by atoms with Gasteiger partial charge in [-0.15, -0.1) is 11.8 Å².